The van der Waals surface area contributed by atoms with Gasteiger partial charge in [0.15, 0.2) is 5.82 Å². The highest BCUT2D eigenvalue weighted by atomic mass is 32.1. The number of carbonyl (C=O) groups is 2. The predicted octanol–water partition coefficient (Wildman–Crippen LogP) is 5.54. The van der Waals surface area contributed by atoms with E-state index < -0.39 is 5.97 Å². The molecule has 1 aliphatic carbocycles. The molecule has 37 heavy (non-hydrogen) atoms. The van der Waals surface area contributed by atoms with E-state index in [0.29, 0.717) is 32.0 Å². The summed E-state index contributed by atoms with van der Waals surface area (Å²) >= 11 is 1.55. The molecule has 0 unspecified atom stereocenters. The number of amides is 1. The van der Waals surface area contributed by atoms with Gasteiger partial charge in [0, 0.05) is 36.8 Å². The molecule has 1 amide bonds. The molecule has 1 N–H and O–H groups in total. The van der Waals surface area contributed by atoms with Crippen molar-refractivity contribution in [2.75, 3.05) is 18.1 Å². The van der Waals surface area contributed by atoms with Crippen LogP contribution in [-0.2, 0) is 9.53 Å². The predicted molar refractivity (Wildman–Crippen MR) is 144 cm³/mol. The molecule has 9 heteroatoms. The summed E-state index contributed by atoms with van der Waals surface area (Å²) in [5.74, 6) is -0.348. The Bertz CT molecular complexity index is 1240. The van der Waals surface area contributed by atoms with Gasteiger partial charge in [0.25, 0.3) is 0 Å². The quantitative estimate of drug-likeness (QED) is 0.440. The molecule has 8 nitrogen and oxygen atoms in total. The molecule has 2 fully saturated rings. The topological polar surface area (TPSA) is 97.6 Å². The van der Waals surface area contributed by atoms with E-state index in [9.17, 15) is 14.7 Å². The number of ether oxygens (including phenoxy) is 1. The Hall–Kier alpha value is -3.30. The molecule has 5 rings (SSSR count). The van der Waals surface area contributed by atoms with Gasteiger partial charge in [-0.2, -0.15) is 0 Å². The Morgan fingerprint density at radius 3 is 2.46 bits per heavy atom. The minimum Gasteiger partial charge on any atom is -0.477 e. The summed E-state index contributed by atoms with van der Waals surface area (Å²) in [5.41, 5.74) is 4.46. The molecule has 1 saturated heterocycles. The summed E-state index contributed by atoms with van der Waals surface area (Å²) in [6.45, 7) is 3.32. The van der Waals surface area contributed by atoms with E-state index in [0.717, 1.165) is 42.6 Å². The van der Waals surface area contributed by atoms with Gasteiger partial charge in [-0.3, -0.25) is 9.69 Å². The number of nitrogens with zero attached hydrogens (tertiary/aromatic N) is 4. The van der Waals surface area contributed by atoms with Crippen LogP contribution >= 0.6 is 11.3 Å². The summed E-state index contributed by atoms with van der Waals surface area (Å²) in [6.07, 6.45) is 10.5. The molecule has 2 aromatic heterocycles. The summed E-state index contributed by atoms with van der Waals surface area (Å²) in [7, 11) is 0. The van der Waals surface area contributed by atoms with Gasteiger partial charge in [0.05, 0.1) is 16.9 Å². The van der Waals surface area contributed by atoms with Crippen molar-refractivity contribution in [2.24, 2.45) is 11.8 Å². The molecule has 0 bridgehead atoms. The molecule has 0 radical (unpaired) electrons. The zero-order valence-corrected chi connectivity index (χ0v) is 21.8. The van der Waals surface area contributed by atoms with Crippen LogP contribution in [-0.4, -0.2) is 51.0 Å². The van der Waals surface area contributed by atoms with Gasteiger partial charge >= 0.3 is 5.97 Å². The fraction of sp³-hybridized carbons (Fsp3) is 0.429. The Morgan fingerprint density at radius 1 is 1.08 bits per heavy atom. The van der Waals surface area contributed by atoms with E-state index in [2.05, 4.69) is 11.9 Å². The summed E-state index contributed by atoms with van der Waals surface area (Å²) in [5, 5.41) is 16.7. The second kappa shape index (κ2) is 11.4. The van der Waals surface area contributed by atoms with E-state index >= 15 is 0 Å². The van der Waals surface area contributed by atoms with Crippen LogP contribution in [0.2, 0.25) is 0 Å². The highest BCUT2D eigenvalue weighted by molar-refractivity contribution is 7.07. The molecule has 1 aromatic carbocycles. The number of carbonyl (C=O) groups excluding carboxylic acids is 1. The van der Waals surface area contributed by atoms with Crippen molar-refractivity contribution in [1.29, 1.82) is 0 Å². The van der Waals surface area contributed by atoms with Gasteiger partial charge in [-0.15, -0.1) is 16.4 Å². The van der Waals surface area contributed by atoms with Crippen LogP contribution in [0.1, 0.15) is 67.1 Å². The first-order chi connectivity index (χ1) is 18.0. The fourth-order valence-corrected chi connectivity index (χ4v) is 5.68. The number of hydrogen-bond acceptors (Lipinski definition) is 6. The van der Waals surface area contributed by atoms with Crippen molar-refractivity contribution in [3.63, 3.8) is 0 Å². The van der Waals surface area contributed by atoms with E-state index in [1.54, 1.807) is 26.4 Å². The zero-order valence-electron chi connectivity index (χ0n) is 21.0. The third-order valence-electron chi connectivity index (χ3n) is 7.37. The van der Waals surface area contributed by atoms with Gasteiger partial charge in [-0.25, -0.2) is 14.5 Å². The Kier molecular flexibility index (Phi) is 7.81. The number of thiazole rings is 1. The smallest absolute Gasteiger partial charge is 0.341 e. The van der Waals surface area contributed by atoms with E-state index in [1.165, 1.54) is 6.20 Å². The molecule has 0 atom stereocenters. The average molecular weight is 521 g/mol. The standard InChI is InChI=1S/C28H32N4O4S/c1-19-2-7-21(8-3-19)27(33)32(24-12-14-36-15-13-24)26-25(28(34)35)16-31(30-26)23-10-5-20(6-11-23)4-9-22-17-37-18-29-22/h4-6,9-11,16-19,21,24H,2-3,7-8,12-15H2,1H3,(H,34,35)/t19-,21-. The van der Waals surface area contributed by atoms with Gasteiger partial charge in [0.2, 0.25) is 5.91 Å². The van der Waals surface area contributed by atoms with Crippen LogP contribution in [0, 0.1) is 11.8 Å². The number of rotatable bonds is 7. The molecule has 194 valence electrons. The van der Waals surface area contributed by atoms with E-state index in [1.807, 2.05) is 41.8 Å². The number of carboxylic acid groups (broad SMARTS) is 1. The highest BCUT2D eigenvalue weighted by Crippen LogP contribution is 2.34. The van der Waals surface area contributed by atoms with Crippen LogP contribution < -0.4 is 4.90 Å². The number of carboxylic acids is 1. The normalized spacial score (nSPS) is 20.8. The maximum atomic E-state index is 13.9. The molecule has 3 heterocycles. The van der Waals surface area contributed by atoms with Crippen LogP contribution in [0.15, 0.2) is 41.4 Å². The van der Waals surface area contributed by atoms with E-state index in [4.69, 9.17) is 9.84 Å². The Morgan fingerprint density at radius 2 is 1.81 bits per heavy atom. The summed E-state index contributed by atoms with van der Waals surface area (Å²) < 4.78 is 7.11. The lowest BCUT2D eigenvalue weighted by atomic mass is 9.82. The van der Waals surface area contributed by atoms with Gasteiger partial charge in [0.1, 0.15) is 5.56 Å². The molecule has 1 aliphatic heterocycles. The number of hydrogen-bond donors (Lipinski definition) is 1. The van der Waals surface area contributed by atoms with Crippen molar-refractivity contribution in [3.05, 3.63) is 58.2 Å². The maximum Gasteiger partial charge on any atom is 0.341 e. The maximum absolute atomic E-state index is 13.9. The molecule has 1 saturated carbocycles. The van der Waals surface area contributed by atoms with Crippen LogP contribution in [0.4, 0.5) is 5.82 Å². The first kappa shape index (κ1) is 25.4. The Balaban J connectivity index is 1.45. The Labute approximate surface area is 220 Å². The second-order valence-corrected chi connectivity index (χ2v) is 10.7. The molecule has 2 aliphatic rings. The van der Waals surface area contributed by atoms with Crippen molar-refractivity contribution < 1.29 is 19.4 Å². The van der Waals surface area contributed by atoms with Crippen LogP contribution in [0.3, 0.4) is 0 Å². The average Bonchev–Trinajstić information content (AvgIpc) is 3.60. The SMILES string of the molecule is C[C@H]1CC[C@H](C(=O)N(c2nn(-c3ccc(C=Cc4cscn4)cc3)cc2C(=O)O)C2CCOCC2)CC1. The van der Waals surface area contributed by atoms with E-state index in [-0.39, 0.29) is 29.2 Å². The van der Waals surface area contributed by atoms with Crippen LogP contribution in [0.5, 0.6) is 0 Å². The minimum absolute atomic E-state index is 0.00549. The lowest BCUT2D eigenvalue weighted by molar-refractivity contribution is -0.124. The minimum atomic E-state index is -1.09. The van der Waals surface area contributed by atoms with Crippen molar-refractivity contribution >= 4 is 41.2 Å². The van der Waals surface area contributed by atoms with Crippen LogP contribution in [0.25, 0.3) is 17.8 Å². The molecule has 3 aromatic rings. The second-order valence-electron chi connectivity index (χ2n) is 9.96. The molecular formula is C28H32N4O4S. The molecule has 0 spiro atoms. The van der Waals surface area contributed by atoms with Crippen molar-refractivity contribution in [1.82, 2.24) is 14.8 Å². The van der Waals surface area contributed by atoms with Crippen molar-refractivity contribution in [3.8, 4) is 5.69 Å². The lowest BCUT2D eigenvalue weighted by Gasteiger charge is -2.37. The number of aromatic carboxylic acids is 1. The fourth-order valence-electron chi connectivity index (χ4n) is 5.15. The number of aromatic nitrogens is 3. The van der Waals surface area contributed by atoms with Gasteiger partial charge < -0.3 is 9.84 Å². The molecular weight excluding hydrogens is 488 g/mol. The first-order valence-corrected chi connectivity index (χ1v) is 13.8. The zero-order chi connectivity index (χ0) is 25.8. The highest BCUT2D eigenvalue weighted by Gasteiger charge is 2.37. The summed E-state index contributed by atoms with van der Waals surface area (Å²) in [6, 6.07) is 7.56. The number of benzene rings is 1. The third kappa shape index (κ3) is 5.83. The first-order valence-electron chi connectivity index (χ1n) is 12.9. The third-order valence-corrected chi connectivity index (χ3v) is 7.97. The summed E-state index contributed by atoms with van der Waals surface area (Å²) in [4.78, 5) is 32.1. The number of anilines is 1. The van der Waals surface area contributed by atoms with Gasteiger partial charge in [-0.1, -0.05) is 25.1 Å². The van der Waals surface area contributed by atoms with Crippen molar-refractivity contribution in [2.45, 2.75) is 51.5 Å². The van der Waals surface area contributed by atoms with Gasteiger partial charge in [-0.05, 0) is 68.2 Å². The largest absolute Gasteiger partial charge is 0.477 e. The monoisotopic (exact) mass is 520 g/mol. The lowest BCUT2D eigenvalue weighted by Crippen LogP contribution is -2.47.